The van der Waals surface area contributed by atoms with Crippen molar-refractivity contribution in [1.82, 2.24) is 0 Å². The summed E-state index contributed by atoms with van der Waals surface area (Å²) in [5.74, 6) is 0.313. The van der Waals surface area contributed by atoms with Gasteiger partial charge in [-0.05, 0) is 64.8 Å². The molecule has 3 N–H and O–H groups in total. The van der Waals surface area contributed by atoms with Crippen LogP contribution in [0.15, 0.2) is 40.9 Å². The molecule has 0 heterocycles. The van der Waals surface area contributed by atoms with E-state index in [2.05, 4.69) is 21.2 Å². The Morgan fingerprint density at radius 3 is 2.76 bits per heavy atom. The molecule has 6 heteroatoms. The quantitative estimate of drug-likeness (QED) is 0.800. The maximum Gasteiger partial charge on any atom is 0.262 e. The van der Waals surface area contributed by atoms with Crippen LogP contribution in [0.1, 0.15) is 5.56 Å². The largest absolute Gasteiger partial charge is 0.483 e. The number of nitrogens with two attached hydrogens (primary N) is 1. The van der Waals surface area contributed by atoms with E-state index in [0.29, 0.717) is 26.6 Å². The molecule has 2 aromatic carbocycles. The van der Waals surface area contributed by atoms with Crippen LogP contribution < -0.4 is 15.8 Å². The summed E-state index contributed by atoms with van der Waals surface area (Å²) in [6, 6.07) is 10.4. The van der Waals surface area contributed by atoms with Crippen molar-refractivity contribution in [3.05, 3.63) is 51.5 Å². The number of carbonyl (C=O) groups is 1. The Morgan fingerprint density at radius 2 is 2.10 bits per heavy atom. The molecule has 2 rings (SSSR count). The van der Waals surface area contributed by atoms with E-state index in [1.807, 2.05) is 6.92 Å². The van der Waals surface area contributed by atoms with Crippen LogP contribution in [-0.4, -0.2) is 12.5 Å². The van der Waals surface area contributed by atoms with Crippen LogP contribution in [0.4, 0.5) is 11.4 Å². The number of ether oxygens (including phenoxy) is 1. The number of amides is 1. The van der Waals surface area contributed by atoms with Crippen LogP contribution in [0.3, 0.4) is 0 Å². The second-order valence-electron chi connectivity index (χ2n) is 4.49. The lowest BCUT2D eigenvalue weighted by Crippen LogP contribution is -2.20. The smallest absolute Gasteiger partial charge is 0.262 e. The molecule has 0 fully saturated rings. The summed E-state index contributed by atoms with van der Waals surface area (Å²) < 4.78 is 6.15. The number of nitrogen functional groups attached to an aromatic ring is 1. The number of aryl methyl sites for hydroxylation is 1. The fraction of sp³-hybridized carbons (Fsp3) is 0.133. The van der Waals surface area contributed by atoms with Crippen LogP contribution in [0.25, 0.3) is 0 Å². The first-order chi connectivity index (χ1) is 9.95. The highest BCUT2D eigenvalue weighted by Gasteiger charge is 2.08. The van der Waals surface area contributed by atoms with Crippen LogP contribution in [0.5, 0.6) is 5.75 Å². The summed E-state index contributed by atoms with van der Waals surface area (Å²) in [5.41, 5.74) is 7.94. The molecule has 2 aromatic rings. The number of anilines is 2. The van der Waals surface area contributed by atoms with E-state index in [1.54, 1.807) is 36.4 Å². The summed E-state index contributed by atoms with van der Waals surface area (Å²) in [5, 5.41) is 3.37. The molecule has 0 radical (unpaired) electrons. The second kappa shape index (κ2) is 6.83. The third-order valence-corrected chi connectivity index (χ3v) is 3.63. The molecule has 110 valence electrons. The molecule has 0 unspecified atom stereocenters. The van der Waals surface area contributed by atoms with Gasteiger partial charge in [-0.15, -0.1) is 0 Å². The molecule has 21 heavy (non-hydrogen) atoms. The van der Waals surface area contributed by atoms with E-state index in [4.69, 9.17) is 22.1 Å². The first kappa shape index (κ1) is 15.7. The summed E-state index contributed by atoms with van der Waals surface area (Å²) in [6.07, 6.45) is 0. The van der Waals surface area contributed by atoms with Gasteiger partial charge in [0.05, 0.1) is 4.47 Å². The predicted molar refractivity (Wildman–Crippen MR) is 88.9 cm³/mol. The van der Waals surface area contributed by atoms with Crippen molar-refractivity contribution < 1.29 is 9.53 Å². The van der Waals surface area contributed by atoms with Crippen molar-refractivity contribution in [2.45, 2.75) is 6.92 Å². The first-order valence-corrected chi connectivity index (χ1v) is 7.36. The van der Waals surface area contributed by atoms with Crippen molar-refractivity contribution in [2.24, 2.45) is 0 Å². The van der Waals surface area contributed by atoms with Crippen molar-refractivity contribution in [3.8, 4) is 5.75 Å². The maximum absolute atomic E-state index is 11.9. The molecule has 0 saturated heterocycles. The Morgan fingerprint density at radius 1 is 1.33 bits per heavy atom. The second-order valence-corrected chi connectivity index (χ2v) is 5.78. The first-order valence-electron chi connectivity index (χ1n) is 6.19. The zero-order valence-corrected chi connectivity index (χ0v) is 13.7. The highest BCUT2D eigenvalue weighted by Crippen LogP contribution is 2.28. The van der Waals surface area contributed by atoms with Gasteiger partial charge in [-0.2, -0.15) is 0 Å². The highest BCUT2D eigenvalue weighted by molar-refractivity contribution is 9.10. The van der Waals surface area contributed by atoms with Crippen molar-refractivity contribution in [2.75, 3.05) is 17.7 Å². The van der Waals surface area contributed by atoms with Crippen LogP contribution in [0.2, 0.25) is 5.02 Å². The van der Waals surface area contributed by atoms with E-state index >= 15 is 0 Å². The normalized spacial score (nSPS) is 10.2. The molecule has 4 nitrogen and oxygen atoms in total. The maximum atomic E-state index is 11.9. The van der Waals surface area contributed by atoms with Gasteiger partial charge in [-0.3, -0.25) is 4.79 Å². The molecule has 0 saturated carbocycles. The fourth-order valence-corrected chi connectivity index (χ4v) is 2.55. The number of hydrogen-bond donors (Lipinski definition) is 2. The van der Waals surface area contributed by atoms with Gasteiger partial charge in [0.25, 0.3) is 5.91 Å². The summed E-state index contributed by atoms with van der Waals surface area (Å²) in [6.45, 7) is 1.78. The average molecular weight is 370 g/mol. The zero-order valence-electron chi connectivity index (χ0n) is 11.3. The number of nitrogens with one attached hydrogen (secondary N) is 1. The molecule has 0 aromatic heterocycles. The molecule has 0 atom stereocenters. The molecule has 0 aliphatic heterocycles. The number of benzene rings is 2. The van der Waals surface area contributed by atoms with Crippen LogP contribution in [-0.2, 0) is 4.79 Å². The number of hydrogen-bond acceptors (Lipinski definition) is 3. The molecule has 0 aliphatic carbocycles. The lowest BCUT2D eigenvalue weighted by molar-refractivity contribution is -0.118. The molecule has 1 amide bonds. The highest BCUT2D eigenvalue weighted by atomic mass is 79.9. The van der Waals surface area contributed by atoms with E-state index in [-0.39, 0.29) is 12.5 Å². The van der Waals surface area contributed by atoms with E-state index < -0.39 is 0 Å². The molecule has 0 bridgehead atoms. The van der Waals surface area contributed by atoms with Gasteiger partial charge in [0, 0.05) is 16.4 Å². The van der Waals surface area contributed by atoms with Crippen molar-refractivity contribution in [3.63, 3.8) is 0 Å². The van der Waals surface area contributed by atoms with Gasteiger partial charge in [-0.25, -0.2) is 0 Å². The molecular weight excluding hydrogens is 356 g/mol. The minimum atomic E-state index is -0.246. The van der Waals surface area contributed by atoms with Gasteiger partial charge in [-0.1, -0.05) is 11.6 Å². The third kappa shape index (κ3) is 4.37. The monoisotopic (exact) mass is 368 g/mol. The van der Waals surface area contributed by atoms with Gasteiger partial charge in [0.15, 0.2) is 6.61 Å². The Bertz CT molecular complexity index is 677. The Kier molecular flexibility index (Phi) is 5.09. The van der Waals surface area contributed by atoms with Crippen LogP contribution >= 0.6 is 27.5 Å². The van der Waals surface area contributed by atoms with E-state index in [1.165, 1.54) is 0 Å². The summed E-state index contributed by atoms with van der Waals surface area (Å²) in [7, 11) is 0. The van der Waals surface area contributed by atoms with Gasteiger partial charge in [0.2, 0.25) is 0 Å². The van der Waals surface area contributed by atoms with Gasteiger partial charge >= 0.3 is 0 Å². The lowest BCUT2D eigenvalue weighted by Gasteiger charge is -2.11. The van der Waals surface area contributed by atoms with Crippen molar-refractivity contribution >= 4 is 44.8 Å². The fourth-order valence-electron chi connectivity index (χ4n) is 1.75. The summed E-state index contributed by atoms with van der Waals surface area (Å²) in [4.78, 5) is 11.9. The summed E-state index contributed by atoms with van der Waals surface area (Å²) >= 11 is 9.17. The average Bonchev–Trinajstić information content (AvgIpc) is 2.41. The minimum Gasteiger partial charge on any atom is -0.483 e. The van der Waals surface area contributed by atoms with Crippen LogP contribution in [0, 0.1) is 6.92 Å². The van der Waals surface area contributed by atoms with Crippen molar-refractivity contribution in [1.29, 1.82) is 0 Å². The minimum absolute atomic E-state index is 0.0932. The standard InChI is InChI=1S/C15H14BrClN2O2/c1-9-6-11(18)3-4-13(9)19-15(20)8-21-14-5-2-10(17)7-12(14)16/h2-7H,8,18H2,1H3,(H,19,20). The van der Waals surface area contributed by atoms with Gasteiger partial charge in [0.1, 0.15) is 5.75 Å². The SMILES string of the molecule is Cc1cc(N)ccc1NC(=O)COc1ccc(Cl)cc1Br. The number of rotatable bonds is 4. The predicted octanol–water partition coefficient (Wildman–Crippen LogP) is 4.01. The Balaban J connectivity index is 1.96. The Hall–Kier alpha value is -1.72. The Labute approximate surface area is 136 Å². The molecular formula is C15H14BrClN2O2. The third-order valence-electron chi connectivity index (χ3n) is 2.78. The molecule has 0 aliphatic rings. The van der Waals surface area contributed by atoms with E-state index in [9.17, 15) is 4.79 Å². The zero-order chi connectivity index (χ0) is 15.4. The van der Waals surface area contributed by atoms with Gasteiger partial charge < -0.3 is 15.8 Å². The number of carbonyl (C=O) groups excluding carboxylic acids is 1. The topological polar surface area (TPSA) is 64.3 Å². The van der Waals surface area contributed by atoms with E-state index in [0.717, 1.165) is 5.56 Å². The lowest BCUT2D eigenvalue weighted by atomic mass is 10.2. The number of halogens is 2. The molecule has 0 spiro atoms.